The van der Waals surface area contributed by atoms with Crippen LogP contribution < -0.4 is 9.47 Å². The number of piperidine rings is 1. The predicted molar refractivity (Wildman–Crippen MR) is 91.0 cm³/mol. The summed E-state index contributed by atoms with van der Waals surface area (Å²) in [6.07, 6.45) is 4.84. The number of nitrogens with zero attached hydrogens (tertiary/aromatic N) is 2. The van der Waals surface area contributed by atoms with Crippen molar-refractivity contribution >= 4 is 0 Å². The molecule has 0 spiro atoms. The third-order valence-electron chi connectivity index (χ3n) is 5.69. The highest BCUT2D eigenvalue weighted by Gasteiger charge is 2.48. The summed E-state index contributed by atoms with van der Waals surface area (Å²) < 4.78 is 10.8. The molecule has 5 heteroatoms. The second kappa shape index (κ2) is 7.00. The molecule has 0 unspecified atom stereocenters. The first-order chi connectivity index (χ1) is 11.6. The maximum absolute atomic E-state index is 11.2. The molecule has 1 aliphatic carbocycles. The fourth-order valence-corrected chi connectivity index (χ4v) is 4.49. The fraction of sp³-hybridized carbons (Fsp3) is 0.632. The van der Waals surface area contributed by atoms with Crippen molar-refractivity contribution in [2.45, 2.75) is 43.7 Å². The number of nitriles is 1. The standard InChI is InChI=1S/C19H26N2O3/c1-23-16-7-6-14(13-17(16)24-2)18-15-5-3-4-8-19(15,22)9-11-21(18)12-10-20/h6-7,13,15,18,22H,3-5,8-9,11-12H2,1-2H3/t15-,18+,19+/m0/s1. The summed E-state index contributed by atoms with van der Waals surface area (Å²) in [7, 11) is 3.26. The first-order valence-corrected chi connectivity index (χ1v) is 8.68. The van der Waals surface area contributed by atoms with E-state index in [1.165, 1.54) is 0 Å². The van der Waals surface area contributed by atoms with Crippen LogP contribution in [0.1, 0.15) is 43.7 Å². The monoisotopic (exact) mass is 330 g/mol. The summed E-state index contributed by atoms with van der Waals surface area (Å²) in [4.78, 5) is 2.20. The van der Waals surface area contributed by atoms with E-state index in [1.807, 2.05) is 18.2 Å². The van der Waals surface area contributed by atoms with Crippen molar-refractivity contribution in [3.8, 4) is 17.6 Å². The largest absolute Gasteiger partial charge is 0.493 e. The van der Waals surface area contributed by atoms with Crippen LogP contribution in [0.5, 0.6) is 11.5 Å². The van der Waals surface area contributed by atoms with Gasteiger partial charge in [0, 0.05) is 18.5 Å². The minimum atomic E-state index is -0.609. The first-order valence-electron chi connectivity index (χ1n) is 8.68. The molecule has 1 saturated heterocycles. The molecule has 1 N–H and O–H groups in total. The zero-order valence-electron chi connectivity index (χ0n) is 14.5. The van der Waals surface area contributed by atoms with E-state index < -0.39 is 5.60 Å². The molecule has 1 saturated carbocycles. The van der Waals surface area contributed by atoms with Crippen LogP contribution in [0.3, 0.4) is 0 Å². The normalized spacial score (nSPS) is 30.2. The van der Waals surface area contributed by atoms with Crippen molar-refractivity contribution in [3.63, 3.8) is 0 Å². The van der Waals surface area contributed by atoms with Crippen LogP contribution in [-0.2, 0) is 0 Å². The molecule has 2 aliphatic rings. The maximum Gasteiger partial charge on any atom is 0.161 e. The average Bonchev–Trinajstić information content (AvgIpc) is 2.61. The molecule has 2 fully saturated rings. The molecule has 1 aromatic carbocycles. The van der Waals surface area contributed by atoms with Crippen LogP contribution in [0.15, 0.2) is 18.2 Å². The Bertz CT molecular complexity index is 628. The second-order valence-corrected chi connectivity index (χ2v) is 6.89. The maximum atomic E-state index is 11.2. The lowest BCUT2D eigenvalue weighted by Gasteiger charge is -2.52. The third kappa shape index (κ3) is 2.97. The third-order valence-corrected chi connectivity index (χ3v) is 5.69. The molecule has 0 bridgehead atoms. The quantitative estimate of drug-likeness (QED) is 0.860. The van der Waals surface area contributed by atoms with E-state index in [2.05, 4.69) is 11.0 Å². The lowest BCUT2D eigenvalue weighted by Crippen LogP contribution is -2.54. The number of rotatable bonds is 4. The number of methoxy groups -OCH3 is 2. The van der Waals surface area contributed by atoms with Gasteiger partial charge in [0.2, 0.25) is 0 Å². The SMILES string of the molecule is COc1ccc([C@@H]2[C@@H]3CCCC[C@@]3(O)CCN2CC#N)cc1OC. The summed E-state index contributed by atoms with van der Waals surface area (Å²) in [5.41, 5.74) is 0.482. The number of hydrogen-bond acceptors (Lipinski definition) is 5. The van der Waals surface area contributed by atoms with Gasteiger partial charge in [0.15, 0.2) is 11.5 Å². The Morgan fingerprint density at radius 2 is 2.04 bits per heavy atom. The van der Waals surface area contributed by atoms with Gasteiger partial charge >= 0.3 is 0 Å². The molecule has 3 atom stereocenters. The zero-order chi connectivity index (χ0) is 17.2. The van der Waals surface area contributed by atoms with Gasteiger partial charge in [-0.25, -0.2) is 0 Å². The number of benzene rings is 1. The number of ether oxygens (including phenoxy) is 2. The van der Waals surface area contributed by atoms with Gasteiger partial charge in [0.25, 0.3) is 0 Å². The Hall–Kier alpha value is -1.77. The van der Waals surface area contributed by atoms with Gasteiger partial charge in [-0.15, -0.1) is 0 Å². The van der Waals surface area contributed by atoms with Gasteiger partial charge in [0.05, 0.1) is 32.4 Å². The highest BCUT2D eigenvalue weighted by Crippen LogP contribution is 2.49. The average molecular weight is 330 g/mol. The lowest BCUT2D eigenvalue weighted by atomic mass is 9.66. The van der Waals surface area contributed by atoms with Crippen LogP contribution >= 0.6 is 0 Å². The minimum Gasteiger partial charge on any atom is -0.493 e. The molecule has 1 aromatic rings. The minimum absolute atomic E-state index is 0.0449. The van der Waals surface area contributed by atoms with Crippen molar-refractivity contribution in [1.29, 1.82) is 5.26 Å². The summed E-state index contributed by atoms with van der Waals surface area (Å²) in [6, 6.07) is 8.27. The van der Waals surface area contributed by atoms with Crippen LogP contribution in [0, 0.1) is 17.2 Å². The molecule has 0 amide bonds. The highest BCUT2D eigenvalue weighted by molar-refractivity contribution is 5.44. The zero-order valence-corrected chi connectivity index (χ0v) is 14.5. The molecule has 130 valence electrons. The van der Waals surface area contributed by atoms with Gasteiger partial charge in [-0.3, -0.25) is 4.90 Å². The Kier molecular flexibility index (Phi) is 4.98. The molecule has 1 heterocycles. The van der Waals surface area contributed by atoms with Crippen LogP contribution in [0.4, 0.5) is 0 Å². The summed E-state index contributed by atoms with van der Waals surface area (Å²) in [6.45, 7) is 1.13. The van der Waals surface area contributed by atoms with E-state index in [4.69, 9.17) is 9.47 Å². The van der Waals surface area contributed by atoms with Crippen LogP contribution in [0.25, 0.3) is 0 Å². The van der Waals surface area contributed by atoms with Crippen LogP contribution in [-0.4, -0.2) is 42.9 Å². The predicted octanol–water partition coefficient (Wildman–Crippen LogP) is 2.90. The number of aliphatic hydroxyl groups is 1. The van der Waals surface area contributed by atoms with Gasteiger partial charge < -0.3 is 14.6 Å². The van der Waals surface area contributed by atoms with Crippen molar-refractivity contribution < 1.29 is 14.6 Å². The number of likely N-dealkylation sites (tertiary alicyclic amines) is 1. The summed E-state index contributed by atoms with van der Waals surface area (Å²) in [5, 5.41) is 20.4. The van der Waals surface area contributed by atoms with E-state index in [-0.39, 0.29) is 12.0 Å². The van der Waals surface area contributed by atoms with Crippen molar-refractivity contribution in [3.05, 3.63) is 23.8 Å². The van der Waals surface area contributed by atoms with E-state index in [1.54, 1.807) is 14.2 Å². The molecule has 24 heavy (non-hydrogen) atoms. The van der Waals surface area contributed by atoms with Gasteiger partial charge in [-0.1, -0.05) is 18.9 Å². The highest BCUT2D eigenvalue weighted by atomic mass is 16.5. The lowest BCUT2D eigenvalue weighted by molar-refractivity contribution is -0.121. The molecule has 3 rings (SSSR count). The topological polar surface area (TPSA) is 65.7 Å². The summed E-state index contributed by atoms with van der Waals surface area (Å²) >= 11 is 0. The van der Waals surface area contributed by atoms with Gasteiger partial charge in [-0.05, 0) is 37.0 Å². The smallest absolute Gasteiger partial charge is 0.161 e. The molecule has 0 aromatic heterocycles. The number of fused-ring (bicyclic) bond motifs is 1. The molecular formula is C19H26N2O3. The first kappa shape index (κ1) is 17.1. The van der Waals surface area contributed by atoms with Crippen molar-refractivity contribution in [2.24, 2.45) is 5.92 Å². The van der Waals surface area contributed by atoms with Crippen molar-refractivity contribution in [2.75, 3.05) is 27.3 Å². The molecular weight excluding hydrogens is 304 g/mol. The second-order valence-electron chi connectivity index (χ2n) is 6.89. The van der Waals surface area contributed by atoms with E-state index in [9.17, 15) is 10.4 Å². The fourth-order valence-electron chi connectivity index (χ4n) is 4.49. The van der Waals surface area contributed by atoms with Crippen LogP contribution in [0.2, 0.25) is 0 Å². The molecule has 5 nitrogen and oxygen atoms in total. The Balaban J connectivity index is 2.00. The Morgan fingerprint density at radius 1 is 1.25 bits per heavy atom. The number of hydrogen-bond donors (Lipinski definition) is 1. The Labute approximate surface area is 143 Å². The van der Waals surface area contributed by atoms with E-state index in [0.717, 1.165) is 44.2 Å². The summed E-state index contributed by atoms with van der Waals surface area (Å²) in [5.74, 6) is 1.55. The molecule has 0 radical (unpaired) electrons. The van der Waals surface area contributed by atoms with Gasteiger partial charge in [-0.2, -0.15) is 5.26 Å². The van der Waals surface area contributed by atoms with Crippen molar-refractivity contribution in [1.82, 2.24) is 4.90 Å². The van der Waals surface area contributed by atoms with E-state index >= 15 is 0 Å². The Morgan fingerprint density at radius 3 is 2.75 bits per heavy atom. The van der Waals surface area contributed by atoms with E-state index in [0.29, 0.717) is 18.0 Å². The van der Waals surface area contributed by atoms with Gasteiger partial charge in [0.1, 0.15) is 0 Å². The molecule has 1 aliphatic heterocycles.